The van der Waals surface area contributed by atoms with Gasteiger partial charge in [-0.3, -0.25) is 0 Å². The zero-order chi connectivity index (χ0) is 15.9. The van der Waals surface area contributed by atoms with Crippen LogP contribution in [0.4, 0.5) is 9.18 Å². The van der Waals surface area contributed by atoms with E-state index in [4.69, 9.17) is 0 Å². The van der Waals surface area contributed by atoms with E-state index in [0.717, 1.165) is 11.3 Å². The minimum absolute atomic E-state index is 0.303. The molecule has 1 heterocycles. The third-order valence-electron chi connectivity index (χ3n) is 3.39. The average Bonchev–Trinajstić information content (AvgIpc) is 2.93. The summed E-state index contributed by atoms with van der Waals surface area (Å²) < 4.78 is 14.6. The van der Waals surface area contributed by atoms with Crippen molar-refractivity contribution in [3.63, 3.8) is 0 Å². The molecule has 2 rings (SSSR count). The number of amides is 2. The quantitative estimate of drug-likeness (QED) is 0.765. The molecule has 0 saturated carbocycles. The first-order valence-corrected chi connectivity index (χ1v) is 7.11. The van der Waals surface area contributed by atoms with E-state index in [0.29, 0.717) is 19.5 Å². The lowest BCUT2D eigenvalue weighted by Crippen LogP contribution is -2.36. The highest BCUT2D eigenvalue weighted by Crippen LogP contribution is 2.15. The molecule has 1 aromatic carbocycles. The van der Waals surface area contributed by atoms with Gasteiger partial charge in [-0.15, -0.1) is 0 Å². The molecule has 0 aliphatic heterocycles. The molecule has 2 amide bonds. The molecule has 0 fully saturated rings. The van der Waals surface area contributed by atoms with Crippen LogP contribution in [0.2, 0.25) is 0 Å². The van der Waals surface area contributed by atoms with Crippen molar-refractivity contribution >= 4 is 6.03 Å². The number of carbonyl (C=O) groups excluding carboxylic acids is 1. The molecule has 0 radical (unpaired) electrons. The van der Waals surface area contributed by atoms with Crippen LogP contribution in [0.3, 0.4) is 0 Å². The van der Waals surface area contributed by atoms with Gasteiger partial charge in [0.1, 0.15) is 5.82 Å². The number of aryl methyl sites for hydroxylation is 1. The zero-order valence-corrected chi connectivity index (χ0v) is 12.4. The maximum absolute atomic E-state index is 12.7. The molecule has 0 aliphatic carbocycles. The van der Waals surface area contributed by atoms with Gasteiger partial charge in [0.15, 0.2) is 0 Å². The second-order valence-electron chi connectivity index (χ2n) is 5.08. The van der Waals surface area contributed by atoms with Crippen LogP contribution in [-0.2, 0) is 13.6 Å². The molecule has 1 unspecified atom stereocenters. The predicted molar refractivity (Wildman–Crippen MR) is 81.6 cm³/mol. The molecule has 0 spiro atoms. The molecular formula is C16H20FN3O2. The Balaban J connectivity index is 1.67. The number of hydrogen-bond acceptors (Lipinski definition) is 2. The fourth-order valence-electron chi connectivity index (χ4n) is 2.14. The van der Waals surface area contributed by atoms with Crippen molar-refractivity contribution in [2.24, 2.45) is 7.05 Å². The molecule has 0 aliphatic rings. The van der Waals surface area contributed by atoms with Gasteiger partial charge in [0.25, 0.3) is 0 Å². The van der Waals surface area contributed by atoms with E-state index < -0.39 is 6.10 Å². The Kier molecular flexibility index (Phi) is 5.55. The van der Waals surface area contributed by atoms with E-state index in [2.05, 4.69) is 10.6 Å². The van der Waals surface area contributed by atoms with Crippen LogP contribution in [0.1, 0.15) is 23.8 Å². The molecule has 0 saturated heterocycles. The largest absolute Gasteiger partial charge is 0.387 e. The SMILES string of the molecule is Cn1cccc1C(O)CCNC(=O)NCc1ccc(F)cc1. The van der Waals surface area contributed by atoms with E-state index in [9.17, 15) is 14.3 Å². The molecule has 3 N–H and O–H groups in total. The van der Waals surface area contributed by atoms with Crippen LogP contribution in [0, 0.1) is 5.82 Å². The molecule has 2 aromatic rings. The highest BCUT2D eigenvalue weighted by Gasteiger charge is 2.10. The molecule has 0 bridgehead atoms. The summed E-state index contributed by atoms with van der Waals surface area (Å²) in [5, 5.41) is 15.4. The molecule has 5 nitrogen and oxygen atoms in total. The third kappa shape index (κ3) is 4.60. The van der Waals surface area contributed by atoms with Crippen LogP contribution in [-0.4, -0.2) is 22.2 Å². The summed E-state index contributed by atoms with van der Waals surface area (Å²) in [7, 11) is 1.86. The standard InChI is InChI=1S/C16H20FN3O2/c1-20-10-2-3-14(20)15(21)8-9-18-16(22)19-11-12-4-6-13(17)7-5-12/h2-7,10,15,21H,8-9,11H2,1H3,(H2,18,19,22). The van der Waals surface area contributed by atoms with Crippen molar-refractivity contribution in [3.05, 3.63) is 59.7 Å². The monoisotopic (exact) mass is 305 g/mol. The maximum atomic E-state index is 12.7. The Labute approximate surface area is 128 Å². The van der Waals surface area contributed by atoms with Crippen LogP contribution in [0.15, 0.2) is 42.6 Å². The van der Waals surface area contributed by atoms with Gasteiger partial charge in [-0.1, -0.05) is 12.1 Å². The van der Waals surface area contributed by atoms with Crippen LogP contribution < -0.4 is 10.6 Å². The summed E-state index contributed by atoms with van der Waals surface area (Å²) in [5.74, 6) is -0.303. The smallest absolute Gasteiger partial charge is 0.315 e. The lowest BCUT2D eigenvalue weighted by atomic mass is 10.2. The van der Waals surface area contributed by atoms with E-state index in [1.165, 1.54) is 12.1 Å². The third-order valence-corrected chi connectivity index (χ3v) is 3.39. The first-order valence-electron chi connectivity index (χ1n) is 7.11. The fraction of sp³-hybridized carbons (Fsp3) is 0.312. The number of halogens is 1. The second kappa shape index (κ2) is 7.61. The van der Waals surface area contributed by atoms with Crippen LogP contribution >= 0.6 is 0 Å². The predicted octanol–water partition coefficient (Wildman–Crippen LogP) is 2.09. The maximum Gasteiger partial charge on any atom is 0.315 e. The Bertz CT molecular complexity index is 610. The van der Waals surface area contributed by atoms with Crippen molar-refractivity contribution in [2.75, 3.05) is 6.54 Å². The lowest BCUT2D eigenvalue weighted by Gasteiger charge is -2.13. The van der Waals surface area contributed by atoms with Gasteiger partial charge in [0, 0.05) is 32.0 Å². The number of urea groups is 1. The van der Waals surface area contributed by atoms with Crippen LogP contribution in [0.25, 0.3) is 0 Å². The summed E-state index contributed by atoms with van der Waals surface area (Å²) in [6, 6.07) is 9.34. The van der Waals surface area contributed by atoms with E-state index >= 15 is 0 Å². The number of carbonyl (C=O) groups is 1. The van der Waals surface area contributed by atoms with Gasteiger partial charge < -0.3 is 20.3 Å². The Morgan fingerprint density at radius 3 is 2.64 bits per heavy atom. The molecule has 118 valence electrons. The van der Waals surface area contributed by atoms with Crippen molar-refractivity contribution in [1.82, 2.24) is 15.2 Å². The van der Waals surface area contributed by atoms with Crippen LogP contribution in [0.5, 0.6) is 0 Å². The van der Waals surface area contributed by atoms with Gasteiger partial charge in [0.2, 0.25) is 0 Å². The van der Waals surface area contributed by atoms with Crippen molar-refractivity contribution in [1.29, 1.82) is 0 Å². The van der Waals surface area contributed by atoms with Gasteiger partial charge in [0.05, 0.1) is 6.10 Å². The van der Waals surface area contributed by atoms with Crippen molar-refractivity contribution < 1.29 is 14.3 Å². The summed E-state index contributed by atoms with van der Waals surface area (Å²) in [5.41, 5.74) is 1.63. The summed E-state index contributed by atoms with van der Waals surface area (Å²) in [6.07, 6.45) is 1.68. The Morgan fingerprint density at radius 1 is 1.27 bits per heavy atom. The topological polar surface area (TPSA) is 66.3 Å². The lowest BCUT2D eigenvalue weighted by molar-refractivity contribution is 0.159. The number of aromatic nitrogens is 1. The molecule has 22 heavy (non-hydrogen) atoms. The molecule has 1 aromatic heterocycles. The van der Waals surface area contributed by atoms with E-state index in [1.54, 1.807) is 12.1 Å². The van der Waals surface area contributed by atoms with Gasteiger partial charge in [-0.05, 0) is 36.2 Å². The van der Waals surface area contributed by atoms with Gasteiger partial charge in [-0.2, -0.15) is 0 Å². The van der Waals surface area contributed by atoms with E-state index in [1.807, 2.05) is 29.9 Å². The first kappa shape index (κ1) is 16.0. The number of aliphatic hydroxyl groups excluding tert-OH is 1. The summed E-state index contributed by atoms with van der Waals surface area (Å²) in [4.78, 5) is 11.6. The van der Waals surface area contributed by atoms with Gasteiger partial charge in [-0.25, -0.2) is 9.18 Å². The van der Waals surface area contributed by atoms with Crippen molar-refractivity contribution in [2.45, 2.75) is 19.1 Å². The Hall–Kier alpha value is -2.34. The number of aliphatic hydroxyl groups is 1. The summed E-state index contributed by atoms with van der Waals surface area (Å²) in [6.45, 7) is 0.689. The number of hydrogen-bond donors (Lipinski definition) is 3. The summed E-state index contributed by atoms with van der Waals surface area (Å²) >= 11 is 0. The highest BCUT2D eigenvalue weighted by atomic mass is 19.1. The zero-order valence-electron chi connectivity index (χ0n) is 12.4. The number of rotatable bonds is 6. The Morgan fingerprint density at radius 2 is 2.00 bits per heavy atom. The van der Waals surface area contributed by atoms with Crippen molar-refractivity contribution in [3.8, 4) is 0 Å². The average molecular weight is 305 g/mol. The second-order valence-corrected chi connectivity index (χ2v) is 5.08. The number of nitrogens with one attached hydrogen (secondary N) is 2. The fourth-order valence-corrected chi connectivity index (χ4v) is 2.14. The first-order chi connectivity index (χ1) is 10.6. The molecule has 1 atom stereocenters. The van der Waals surface area contributed by atoms with E-state index in [-0.39, 0.29) is 11.8 Å². The minimum Gasteiger partial charge on any atom is -0.387 e. The number of nitrogens with zero attached hydrogens (tertiary/aromatic N) is 1. The minimum atomic E-state index is -0.614. The molecule has 6 heteroatoms. The molecular weight excluding hydrogens is 285 g/mol. The number of benzene rings is 1. The highest BCUT2D eigenvalue weighted by molar-refractivity contribution is 5.73. The normalized spacial score (nSPS) is 12.0. The van der Waals surface area contributed by atoms with Gasteiger partial charge >= 0.3 is 6.03 Å².